The zero-order valence-corrected chi connectivity index (χ0v) is 37.8. The van der Waals surface area contributed by atoms with Crippen LogP contribution in [0.1, 0.15) is 70.3 Å². The third-order valence-corrected chi connectivity index (χ3v) is 13.7. The fourth-order valence-electron chi connectivity index (χ4n) is 9.56. The summed E-state index contributed by atoms with van der Waals surface area (Å²) in [6.07, 6.45) is 21.9. The van der Waals surface area contributed by atoms with E-state index >= 15 is 0 Å². The fraction of sp³-hybridized carbons (Fsp3) is 0.535. The van der Waals surface area contributed by atoms with Gasteiger partial charge < -0.3 is 42.1 Å². The molecule has 0 saturated carbocycles. The van der Waals surface area contributed by atoms with Crippen LogP contribution in [0.3, 0.4) is 0 Å². The molecule has 63 heavy (non-hydrogen) atoms. The average Bonchev–Trinajstić information content (AvgIpc) is 4.16. The van der Waals surface area contributed by atoms with Crippen molar-refractivity contribution in [3.63, 3.8) is 0 Å². The number of benzene rings is 2. The molecular weight excluding hydrogens is 891 g/mol. The first-order valence-electron chi connectivity index (χ1n) is 21.6. The highest BCUT2D eigenvalue weighted by Crippen LogP contribution is 2.38. The number of fused-ring (bicyclic) bond motifs is 6. The third-order valence-electron chi connectivity index (χ3n) is 12.5. The van der Waals surface area contributed by atoms with Gasteiger partial charge in [-0.2, -0.15) is 15.8 Å². The molecule has 3 amide bonds. The predicted octanol–water partition coefficient (Wildman–Crippen LogP) is 6.56. The summed E-state index contributed by atoms with van der Waals surface area (Å²) in [5.74, 6) is 0. The Balaban J connectivity index is 0.000000165. The molecular formula is C43H54Cl4FN13O2. The van der Waals surface area contributed by atoms with Crippen molar-refractivity contribution in [2.24, 2.45) is 11.5 Å². The van der Waals surface area contributed by atoms with Crippen molar-refractivity contribution in [3.8, 4) is 18.6 Å². The predicted molar refractivity (Wildman–Crippen MR) is 241 cm³/mol. The van der Waals surface area contributed by atoms with E-state index in [2.05, 4.69) is 39.5 Å². The smallest absolute Gasteiger partial charge is 0.327 e. The lowest BCUT2D eigenvalue weighted by molar-refractivity contribution is 0.232. The molecule has 0 radical (unpaired) electrons. The minimum atomic E-state index is -1.00. The van der Waals surface area contributed by atoms with Gasteiger partial charge in [0.15, 0.2) is 18.6 Å². The van der Waals surface area contributed by atoms with E-state index in [1.54, 1.807) is 36.7 Å². The minimum Gasteiger partial charge on any atom is -0.338 e. The Kier molecular flexibility index (Phi) is 18.0. The molecule has 7 heterocycles. The van der Waals surface area contributed by atoms with Crippen LogP contribution in [0.5, 0.6) is 0 Å². The van der Waals surface area contributed by atoms with Crippen LogP contribution < -0.4 is 27.4 Å². The number of halogens is 5. The van der Waals surface area contributed by atoms with Crippen LogP contribution >= 0.6 is 46.4 Å². The lowest BCUT2D eigenvalue weighted by atomic mass is 9.96. The second-order valence-electron chi connectivity index (χ2n) is 16.1. The molecule has 15 nitrogen and oxygen atoms in total. The van der Waals surface area contributed by atoms with Gasteiger partial charge in [-0.25, -0.2) is 14.6 Å². The van der Waals surface area contributed by atoms with Gasteiger partial charge >= 0.3 is 12.1 Å². The van der Waals surface area contributed by atoms with Crippen LogP contribution in [-0.4, -0.2) is 111 Å². The van der Waals surface area contributed by atoms with Gasteiger partial charge in [-0.05, 0) is 125 Å². The number of nitrogens with two attached hydrogens (primary N) is 2. The number of urea groups is 1. The second kappa shape index (κ2) is 23.8. The van der Waals surface area contributed by atoms with Crippen molar-refractivity contribution in [1.29, 1.82) is 15.8 Å². The first-order chi connectivity index (χ1) is 30.8. The van der Waals surface area contributed by atoms with E-state index in [1.807, 2.05) is 26.8 Å². The van der Waals surface area contributed by atoms with Gasteiger partial charge in [-0.1, -0.05) is 46.4 Å². The van der Waals surface area contributed by atoms with E-state index in [4.69, 9.17) is 75.0 Å². The van der Waals surface area contributed by atoms with Gasteiger partial charge in [-0.15, -0.1) is 0 Å². The molecule has 338 valence electrons. The molecule has 3 aromatic rings. The maximum absolute atomic E-state index is 12.0. The zero-order valence-electron chi connectivity index (χ0n) is 35.7. The highest BCUT2D eigenvalue weighted by molar-refractivity contribution is 6.34. The van der Waals surface area contributed by atoms with Crippen molar-refractivity contribution in [2.45, 2.75) is 125 Å². The number of hydrogen-bond acceptors (Lipinski definition) is 11. The Hall–Kier alpha value is -4.73. The summed E-state index contributed by atoms with van der Waals surface area (Å²) < 4.78 is 16.9. The maximum atomic E-state index is 12.0. The molecule has 0 spiro atoms. The van der Waals surface area contributed by atoms with Gasteiger partial charge in [-0.3, -0.25) is 8.96 Å². The number of amides is 3. The number of carbonyl (C=O) groups is 2. The largest absolute Gasteiger partial charge is 0.338 e. The van der Waals surface area contributed by atoms with Crippen LogP contribution in [0.25, 0.3) is 0 Å². The van der Waals surface area contributed by atoms with Crippen molar-refractivity contribution >= 4 is 58.5 Å². The maximum Gasteiger partial charge on any atom is 0.327 e. The van der Waals surface area contributed by atoms with E-state index in [9.17, 15) is 14.0 Å². The van der Waals surface area contributed by atoms with E-state index in [-0.39, 0.29) is 42.3 Å². The SMILES string of the molecule is N#CN1C2CC[C@H]1C[C@H]2N.N#CN1C2CC[C@H]1C[C@H]2NC(=O)NCCc1cc(Cl)ccc1Cl.N#CN1C2CC[C@H]1C[C@H]2NC(=O)n1ccnc1.NCCc1cc(Cl)ccc1Cl.[2H]CF. The number of aromatic nitrogens is 2. The summed E-state index contributed by atoms with van der Waals surface area (Å²) in [5.41, 5.74) is 13.1. The van der Waals surface area contributed by atoms with E-state index in [1.165, 1.54) is 17.3 Å². The molecule has 6 aliphatic rings. The quantitative estimate of drug-likeness (QED) is 0.160. The van der Waals surface area contributed by atoms with E-state index in [0.717, 1.165) is 73.9 Å². The number of hydrogen-bond donors (Lipinski definition) is 5. The summed E-state index contributed by atoms with van der Waals surface area (Å²) in [6, 6.07) is 12.5. The van der Waals surface area contributed by atoms with Gasteiger partial charge in [0.1, 0.15) is 6.33 Å². The molecule has 6 bridgehead atoms. The number of nitriles is 3. The highest BCUT2D eigenvalue weighted by atomic mass is 35.5. The van der Waals surface area contributed by atoms with Crippen molar-refractivity contribution in [3.05, 3.63) is 86.3 Å². The number of nitrogens with one attached hydrogen (secondary N) is 3. The molecule has 6 fully saturated rings. The lowest BCUT2D eigenvalue weighted by Crippen LogP contribution is -2.47. The topological polar surface area (TPSA) is 221 Å². The third kappa shape index (κ3) is 12.5. The van der Waals surface area contributed by atoms with Gasteiger partial charge in [0, 0.05) is 63.2 Å². The Bertz CT molecular complexity index is 2140. The van der Waals surface area contributed by atoms with Crippen LogP contribution in [0.2, 0.25) is 20.1 Å². The number of nitrogens with zero attached hydrogens (tertiary/aromatic N) is 8. The van der Waals surface area contributed by atoms with Crippen molar-refractivity contribution < 1.29 is 15.4 Å². The van der Waals surface area contributed by atoms with Crippen LogP contribution in [0.4, 0.5) is 14.0 Å². The molecule has 9 rings (SSSR count). The van der Waals surface area contributed by atoms with Gasteiger partial charge in [0.05, 0.1) is 38.7 Å². The lowest BCUT2D eigenvalue weighted by Gasteiger charge is -2.22. The molecule has 6 saturated heterocycles. The summed E-state index contributed by atoms with van der Waals surface area (Å²) in [5, 5.41) is 38.4. The van der Waals surface area contributed by atoms with Crippen molar-refractivity contribution in [2.75, 3.05) is 20.2 Å². The van der Waals surface area contributed by atoms with Crippen LogP contribution in [-0.2, 0) is 12.8 Å². The van der Waals surface area contributed by atoms with Crippen molar-refractivity contribution in [1.82, 2.24) is 40.2 Å². The molecule has 20 heteroatoms. The van der Waals surface area contributed by atoms with E-state index < -0.39 is 7.15 Å². The van der Waals surface area contributed by atoms with Gasteiger partial charge in [0.25, 0.3) is 0 Å². The molecule has 7 N–H and O–H groups in total. The Morgan fingerprint density at radius 2 is 1.29 bits per heavy atom. The average molecular weight is 947 g/mol. The normalized spacial score (nSPS) is 26.4. The second-order valence-corrected chi connectivity index (χ2v) is 17.8. The Morgan fingerprint density at radius 1 is 0.794 bits per heavy atom. The first-order valence-corrected chi connectivity index (χ1v) is 22.4. The number of imidazole rings is 1. The fourth-order valence-corrected chi connectivity index (χ4v) is 10.4. The summed E-state index contributed by atoms with van der Waals surface area (Å²) in [4.78, 5) is 33.3. The summed E-state index contributed by atoms with van der Waals surface area (Å²) >= 11 is 23.7. The van der Waals surface area contributed by atoms with Crippen LogP contribution in [0, 0.1) is 34.4 Å². The summed E-state index contributed by atoms with van der Waals surface area (Å²) in [6.45, 7) is 1.08. The molecule has 3 unspecified atom stereocenters. The molecule has 2 aromatic carbocycles. The summed E-state index contributed by atoms with van der Waals surface area (Å²) in [7, 11) is -1.00. The Labute approximate surface area is 389 Å². The number of alkyl halides is 1. The molecule has 1 aromatic heterocycles. The standard InChI is InChI=1S/C16H18Cl2N4O.C11H13N5O.C8H9Cl2N.C7H11N3.CH3F/c17-11-1-3-13(18)10(7-11)5-6-20-16(23)21-14-8-12-2-4-15(14)22(12)9-19;12-6-16-8-1-2-10(16)9(5-8)14-11(17)15-4-3-13-7-15;9-7-1-2-8(10)6(5-7)3-4-11;8-4-10-5-1-2-7(10)6(9)3-5;1-2/h1,3,7,12,14-15H,2,4-6,8H2,(H2,20,21,23);3-4,7-10H,1-2,5H2,(H,14,17);1-2,5H,3-4,11H2;5-7H,1-3,9H2;1H3/t12-,14+,15?;8-,9+,10?;;5-,6+,7?;/m00.0./s1/i;;;;1D. The minimum absolute atomic E-state index is 0.0585. The Morgan fingerprint density at radius 3 is 1.71 bits per heavy atom. The zero-order chi connectivity index (χ0) is 46.3. The van der Waals surface area contributed by atoms with E-state index in [0.29, 0.717) is 58.7 Å². The molecule has 6 aliphatic heterocycles. The first kappa shape index (κ1) is 47.7. The van der Waals surface area contributed by atoms with Gasteiger partial charge in [0.2, 0.25) is 0 Å². The highest BCUT2D eigenvalue weighted by Gasteiger charge is 2.48. The molecule has 9 atom stereocenters. The number of rotatable bonds is 7. The monoisotopic (exact) mass is 944 g/mol. The molecule has 0 aliphatic carbocycles. The number of carbonyl (C=O) groups excluding carboxylic acids is 2. The van der Waals surface area contributed by atoms with Crippen LogP contribution in [0.15, 0.2) is 55.1 Å².